The Morgan fingerprint density at radius 1 is 1.18 bits per heavy atom. The quantitative estimate of drug-likeness (QED) is 0.393. The van der Waals surface area contributed by atoms with Gasteiger partial charge in [0.25, 0.3) is 5.91 Å². The van der Waals surface area contributed by atoms with Gasteiger partial charge < -0.3 is 9.30 Å². The maximum atomic E-state index is 12.6. The summed E-state index contributed by atoms with van der Waals surface area (Å²) < 4.78 is 8.21. The molecule has 2 aliphatic rings. The topological polar surface area (TPSA) is 70.7 Å². The van der Waals surface area contributed by atoms with E-state index in [0.717, 1.165) is 40.7 Å². The number of benzene rings is 2. The lowest BCUT2D eigenvalue weighted by atomic mass is 10.1. The van der Waals surface area contributed by atoms with E-state index in [1.807, 2.05) is 29.8 Å². The molecule has 0 fully saturated rings. The van der Waals surface area contributed by atoms with Crippen molar-refractivity contribution < 1.29 is 9.53 Å². The molecule has 0 atom stereocenters. The van der Waals surface area contributed by atoms with E-state index in [9.17, 15) is 4.79 Å². The zero-order valence-corrected chi connectivity index (χ0v) is 19.4. The lowest BCUT2D eigenvalue weighted by Gasteiger charge is -2.22. The van der Waals surface area contributed by atoms with Crippen LogP contribution in [0.5, 0.6) is 5.75 Å². The van der Waals surface area contributed by atoms with Gasteiger partial charge in [0.05, 0.1) is 12.2 Å². The van der Waals surface area contributed by atoms with Crippen LogP contribution in [0, 0.1) is 19.3 Å². The van der Waals surface area contributed by atoms with Gasteiger partial charge in [0, 0.05) is 35.4 Å². The maximum Gasteiger partial charge on any atom is 0.283 e. The van der Waals surface area contributed by atoms with Crippen LogP contribution in [0.1, 0.15) is 23.1 Å². The summed E-state index contributed by atoms with van der Waals surface area (Å²) in [6, 6.07) is 14.4. The number of thioether (sulfide) groups is 1. The minimum absolute atomic E-state index is 0.157. The monoisotopic (exact) mass is 456 g/mol. The Labute approximate surface area is 196 Å². The van der Waals surface area contributed by atoms with Crippen LogP contribution >= 0.6 is 11.8 Å². The molecule has 1 N–H and O–H groups in total. The number of para-hydroxylation sites is 1. The molecular weight excluding hydrogens is 432 g/mol. The van der Waals surface area contributed by atoms with Crippen LogP contribution in [0.3, 0.4) is 0 Å². The van der Waals surface area contributed by atoms with E-state index in [2.05, 4.69) is 47.7 Å². The highest BCUT2D eigenvalue weighted by Gasteiger charge is 2.31. The highest BCUT2D eigenvalue weighted by Crippen LogP contribution is 2.29. The summed E-state index contributed by atoms with van der Waals surface area (Å²) >= 11 is 1.35. The van der Waals surface area contributed by atoms with E-state index in [4.69, 9.17) is 10.1 Å². The summed E-state index contributed by atoms with van der Waals surface area (Å²) in [6.07, 6.45) is 6.45. The second kappa shape index (κ2) is 8.75. The van der Waals surface area contributed by atoms with Gasteiger partial charge in [0.15, 0.2) is 5.17 Å². The van der Waals surface area contributed by atoms with Crippen LogP contribution < -0.4 is 4.74 Å². The van der Waals surface area contributed by atoms with E-state index in [1.54, 1.807) is 17.2 Å². The van der Waals surface area contributed by atoms with Gasteiger partial charge >= 0.3 is 0 Å². The number of hydrogen-bond acceptors (Lipinski definition) is 4. The Hall–Kier alpha value is -3.58. The number of aromatic nitrogens is 1. The zero-order valence-electron chi connectivity index (χ0n) is 18.5. The number of aliphatic imine (C=N–C) groups is 1. The molecule has 2 aromatic carbocycles. The van der Waals surface area contributed by atoms with Crippen molar-refractivity contribution in [1.29, 1.82) is 5.41 Å². The number of amides is 1. The summed E-state index contributed by atoms with van der Waals surface area (Å²) in [5, 5.41) is 11.9. The van der Waals surface area contributed by atoms with Crippen molar-refractivity contribution in [3.63, 3.8) is 0 Å². The number of aryl methyl sites for hydroxylation is 3. The Kier molecular flexibility index (Phi) is 5.64. The summed E-state index contributed by atoms with van der Waals surface area (Å²) in [6.45, 7) is 5.53. The molecule has 3 heterocycles. The average Bonchev–Trinajstić information content (AvgIpc) is 3.41. The Morgan fingerprint density at radius 2 is 2.03 bits per heavy atom. The third-order valence-electron chi connectivity index (χ3n) is 5.78. The lowest BCUT2D eigenvalue weighted by Crippen LogP contribution is -2.35. The van der Waals surface area contributed by atoms with Crippen LogP contribution in [0.25, 0.3) is 17.0 Å². The van der Waals surface area contributed by atoms with Crippen LogP contribution in [-0.4, -0.2) is 33.0 Å². The first-order valence-electron chi connectivity index (χ1n) is 10.9. The molecule has 0 bridgehead atoms. The van der Waals surface area contributed by atoms with Crippen molar-refractivity contribution in [3.8, 4) is 5.75 Å². The molecular formula is C26H24N4O2S. The van der Waals surface area contributed by atoms with Crippen LogP contribution in [-0.2, 0) is 11.3 Å². The van der Waals surface area contributed by atoms with Crippen molar-refractivity contribution in [2.24, 2.45) is 4.99 Å². The Balaban J connectivity index is 1.37. The predicted molar refractivity (Wildman–Crippen MR) is 135 cm³/mol. The Bertz CT molecular complexity index is 1370. The fourth-order valence-electron chi connectivity index (χ4n) is 4.04. The fraction of sp³-hybridized carbons (Fsp3) is 0.192. The number of amidine groups is 2. The van der Waals surface area contributed by atoms with Crippen molar-refractivity contribution in [2.75, 3.05) is 6.61 Å². The van der Waals surface area contributed by atoms with Gasteiger partial charge in [-0.25, -0.2) is 0 Å². The molecule has 3 aromatic rings. The maximum absolute atomic E-state index is 12.6. The summed E-state index contributed by atoms with van der Waals surface area (Å²) in [5.41, 5.74) is 4.62. The molecule has 0 unspecified atom stereocenters. The van der Waals surface area contributed by atoms with Gasteiger partial charge in [-0.3, -0.25) is 15.1 Å². The molecule has 0 radical (unpaired) electrons. The Morgan fingerprint density at radius 3 is 2.91 bits per heavy atom. The lowest BCUT2D eigenvalue weighted by molar-refractivity contribution is -0.114. The van der Waals surface area contributed by atoms with Gasteiger partial charge in [-0.05, 0) is 55.0 Å². The number of carbonyl (C=O) groups is 1. The summed E-state index contributed by atoms with van der Waals surface area (Å²) in [5.74, 6) is 0.715. The van der Waals surface area contributed by atoms with E-state index in [0.29, 0.717) is 17.3 Å². The molecule has 6 nitrogen and oxygen atoms in total. The van der Waals surface area contributed by atoms with E-state index in [-0.39, 0.29) is 11.7 Å². The smallest absolute Gasteiger partial charge is 0.283 e. The number of carbonyl (C=O) groups excluding carboxylic acids is 1. The number of ether oxygens (including phenoxy) is 1. The molecule has 1 amide bonds. The molecule has 0 saturated carbocycles. The number of nitrogens with zero attached hydrogens (tertiary/aromatic N) is 3. The van der Waals surface area contributed by atoms with Crippen LogP contribution in [0.15, 0.2) is 70.8 Å². The van der Waals surface area contributed by atoms with Crippen molar-refractivity contribution in [2.45, 2.75) is 26.8 Å². The van der Waals surface area contributed by atoms with Crippen molar-refractivity contribution >= 4 is 45.7 Å². The fourth-order valence-corrected chi connectivity index (χ4v) is 4.75. The second-order valence-corrected chi connectivity index (χ2v) is 9.02. The summed E-state index contributed by atoms with van der Waals surface area (Å²) in [7, 11) is 0. The zero-order chi connectivity index (χ0) is 22.9. The molecule has 2 aliphatic heterocycles. The van der Waals surface area contributed by atoms with E-state index in [1.165, 1.54) is 17.3 Å². The largest absolute Gasteiger partial charge is 0.493 e. The molecule has 7 heteroatoms. The van der Waals surface area contributed by atoms with E-state index < -0.39 is 0 Å². The van der Waals surface area contributed by atoms with Crippen LogP contribution in [0.2, 0.25) is 0 Å². The normalized spacial score (nSPS) is 16.6. The van der Waals surface area contributed by atoms with Gasteiger partial charge in [0.2, 0.25) is 0 Å². The SMILES string of the molecule is Cc1ccc(C)c(OCCCn2cc(/C=C3/C(=N)N4C=CSC4=NC3=O)c3ccccc32)c1. The first-order chi connectivity index (χ1) is 16.0. The third kappa shape index (κ3) is 4.12. The van der Waals surface area contributed by atoms with Crippen molar-refractivity contribution in [3.05, 3.63) is 82.5 Å². The van der Waals surface area contributed by atoms with Gasteiger partial charge in [-0.1, -0.05) is 42.1 Å². The third-order valence-corrected chi connectivity index (χ3v) is 6.53. The highest BCUT2D eigenvalue weighted by atomic mass is 32.2. The first kappa shape index (κ1) is 21.3. The molecule has 5 rings (SSSR count). The van der Waals surface area contributed by atoms with Crippen molar-refractivity contribution in [1.82, 2.24) is 9.47 Å². The number of fused-ring (bicyclic) bond motifs is 2. The number of hydrogen-bond donors (Lipinski definition) is 1. The van der Waals surface area contributed by atoms with Gasteiger partial charge in [-0.2, -0.15) is 4.99 Å². The molecule has 0 aliphatic carbocycles. The van der Waals surface area contributed by atoms with Gasteiger partial charge in [-0.15, -0.1) is 0 Å². The standard InChI is InChI=1S/C26H24N4O2S/c1-17-8-9-18(2)23(14-17)32-12-5-10-29-16-19(20-6-3-4-7-22(20)29)15-21-24(27)30-11-13-33-26(30)28-25(21)31/h3-4,6-9,11,13-16,27H,5,10,12H2,1-2H3/b21-15-,27-24?. The molecule has 0 saturated heterocycles. The number of rotatable bonds is 6. The molecule has 1 aromatic heterocycles. The van der Waals surface area contributed by atoms with Crippen LogP contribution in [0.4, 0.5) is 0 Å². The highest BCUT2D eigenvalue weighted by molar-refractivity contribution is 8.16. The molecule has 33 heavy (non-hydrogen) atoms. The number of nitrogens with one attached hydrogen (secondary N) is 1. The predicted octanol–water partition coefficient (Wildman–Crippen LogP) is 5.50. The first-order valence-corrected chi connectivity index (χ1v) is 11.7. The van der Waals surface area contributed by atoms with E-state index >= 15 is 0 Å². The van der Waals surface area contributed by atoms with Gasteiger partial charge in [0.1, 0.15) is 11.6 Å². The summed E-state index contributed by atoms with van der Waals surface area (Å²) in [4.78, 5) is 18.4. The minimum atomic E-state index is -0.374. The molecule has 166 valence electrons. The molecule has 0 spiro atoms. The second-order valence-electron chi connectivity index (χ2n) is 8.15. The minimum Gasteiger partial charge on any atom is -0.493 e. The average molecular weight is 457 g/mol.